The zero-order valence-corrected chi connectivity index (χ0v) is 11.3. The van der Waals surface area contributed by atoms with Crippen molar-refractivity contribution in [1.82, 2.24) is 14.8 Å². The zero-order valence-electron chi connectivity index (χ0n) is 10.5. The first-order chi connectivity index (χ1) is 7.75. The van der Waals surface area contributed by atoms with Crippen molar-refractivity contribution in [1.29, 1.82) is 0 Å². The van der Waals surface area contributed by atoms with E-state index in [4.69, 9.17) is 5.73 Å². The fourth-order valence-corrected chi connectivity index (χ4v) is 2.32. The molecule has 0 aliphatic rings. The Balaban J connectivity index is 3.07. The van der Waals surface area contributed by atoms with Crippen LogP contribution in [-0.4, -0.2) is 26.6 Å². The number of thioether (sulfide) groups is 1. The maximum atomic E-state index is 11.2. The van der Waals surface area contributed by atoms with Gasteiger partial charge in [-0.15, -0.1) is 0 Å². The smallest absolute Gasteiger partial charge is 0.329 e. The van der Waals surface area contributed by atoms with Gasteiger partial charge in [0.1, 0.15) is 0 Å². The van der Waals surface area contributed by atoms with Crippen LogP contribution in [0.15, 0.2) is 14.7 Å². The lowest BCUT2D eigenvalue weighted by atomic mass is 9.92. The van der Waals surface area contributed by atoms with E-state index in [2.05, 4.69) is 30.9 Å². The van der Waals surface area contributed by atoms with Crippen LogP contribution >= 0.6 is 11.8 Å². The van der Waals surface area contributed by atoms with Gasteiger partial charge >= 0.3 is 11.1 Å². The molecule has 0 aliphatic heterocycles. The lowest BCUT2D eigenvalue weighted by Gasteiger charge is -2.28. The highest BCUT2D eigenvalue weighted by atomic mass is 32.2. The van der Waals surface area contributed by atoms with Gasteiger partial charge in [-0.1, -0.05) is 32.5 Å². The molecule has 0 saturated heterocycles. The van der Waals surface area contributed by atoms with E-state index in [-0.39, 0.29) is 10.7 Å². The van der Waals surface area contributed by atoms with Crippen LogP contribution in [0, 0.1) is 5.41 Å². The van der Waals surface area contributed by atoms with E-state index in [1.165, 1.54) is 16.4 Å². The molecule has 0 aliphatic carbocycles. The molecule has 0 aromatic carbocycles. The summed E-state index contributed by atoms with van der Waals surface area (Å²) >= 11 is 1.40. The summed E-state index contributed by atoms with van der Waals surface area (Å²) in [6.07, 6.45) is 0. The molecule has 1 aromatic heterocycles. The first-order valence-electron chi connectivity index (χ1n) is 5.29. The van der Waals surface area contributed by atoms with Gasteiger partial charge in [-0.3, -0.25) is 19.4 Å². The molecule has 1 aromatic rings. The van der Waals surface area contributed by atoms with Crippen LogP contribution < -0.4 is 16.9 Å². The third-order valence-electron chi connectivity index (χ3n) is 2.38. The Bertz CT molecular complexity index is 500. The second-order valence-electron chi connectivity index (χ2n) is 4.91. The fraction of sp³-hybridized carbons (Fsp3) is 0.700. The van der Waals surface area contributed by atoms with E-state index in [1.54, 1.807) is 7.05 Å². The van der Waals surface area contributed by atoms with Crippen LogP contribution in [0.25, 0.3) is 0 Å². The van der Waals surface area contributed by atoms with E-state index in [1.807, 2.05) is 0 Å². The van der Waals surface area contributed by atoms with E-state index < -0.39 is 11.1 Å². The molecule has 6 nitrogen and oxygen atoms in total. The van der Waals surface area contributed by atoms with Crippen molar-refractivity contribution in [3.63, 3.8) is 0 Å². The lowest BCUT2D eigenvalue weighted by molar-refractivity contribution is 0.396. The van der Waals surface area contributed by atoms with Crippen LogP contribution in [0.1, 0.15) is 20.8 Å². The highest BCUT2D eigenvalue weighted by Gasteiger charge is 2.25. The first-order valence-corrected chi connectivity index (χ1v) is 6.17. The minimum absolute atomic E-state index is 0.00667. The number of nitrogens with two attached hydrogens (primary N) is 1. The number of nitrogens with zero attached hydrogens (tertiary/aromatic N) is 2. The molecule has 96 valence electrons. The number of aryl methyl sites for hydroxylation is 1. The highest BCUT2D eigenvalue weighted by Crippen LogP contribution is 2.32. The van der Waals surface area contributed by atoms with Crippen molar-refractivity contribution in [3.8, 4) is 0 Å². The third-order valence-corrected chi connectivity index (χ3v) is 4.14. The van der Waals surface area contributed by atoms with Crippen molar-refractivity contribution < 1.29 is 0 Å². The van der Waals surface area contributed by atoms with Crippen LogP contribution in [-0.2, 0) is 7.05 Å². The summed E-state index contributed by atoms with van der Waals surface area (Å²) in [5.41, 5.74) is 4.23. The Morgan fingerprint density at radius 3 is 2.53 bits per heavy atom. The van der Waals surface area contributed by atoms with Crippen molar-refractivity contribution in [2.24, 2.45) is 18.2 Å². The minimum atomic E-state index is -0.768. The maximum Gasteiger partial charge on any atom is 0.339 e. The fourth-order valence-electron chi connectivity index (χ4n) is 1.27. The van der Waals surface area contributed by atoms with Crippen LogP contribution in [0.4, 0.5) is 0 Å². The van der Waals surface area contributed by atoms with Gasteiger partial charge in [0, 0.05) is 18.8 Å². The quantitative estimate of drug-likeness (QED) is 0.585. The number of hydrogen-bond acceptors (Lipinski definition) is 5. The van der Waals surface area contributed by atoms with Crippen LogP contribution in [0.5, 0.6) is 0 Å². The summed E-state index contributed by atoms with van der Waals surface area (Å²) < 4.78 is 1.45. The summed E-state index contributed by atoms with van der Waals surface area (Å²) in [6, 6.07) is 0. The van der Waals surface area contributed by atoms with Gasteiger partial charge in [-0.25, -0.2) is 0 Å². The molecule has 0 saturated carbocycles. The van der Waals surface area contributed by atoms with Gasteiger partial charge in [0.25, 0.3) is 0 Å². The number of aromatic amines is 1. The molecule has 3 N–H and O–H groups in total. The largest absolute Gasteiger partial charge is 0.339 e. The molecule has 17 heavy (non-hydrogen) atoms. The molecule has 1 unspecified atom stereocenters. The molecule has 1 rings (SSSR count). The molecule has 0 amide bonds. The number of nitrogens with one attached hydrogen (secondary N) is 1. The molecule has 0 bridgehead atoms. The predicted octanol–water partition coefficient (Wildman–Crippen LogP) is -0.0659. The van der Waals surface area contributed by atoms with Gasteiger partial charge in [0.05, 0.1) is 0 Å². The Morgan fingerprint density at radius 2 is 2.06 bits per heavy atom. The number of hydrogen-bond donors (Lipinski definition) is 2. The average Bonchev–Trinajstić information content (AvgIpc) is 2.19. The van der Waals surface area contributed by atoms with Gasteiger partial charge in [0.15, 0.2) is 5.16 Å². The van der Waals surface area contributed by atoms with Gasteiger partial charge in [-0.05, 0) is 5.41 Å². The highest BCUT2D eigenvalue weighted by molar-refractivity contribution is 7.99. The molecule has 0 radical (unpaired) electrons. The Labute approximate surface area is 104 Å². The van der Waals surface area contributed by atoms with Gasteiger partial charge < -0.3 is 5.73 Å². The zero-order chi connectivity index (χ0) is 13.2. The van der Waals surface area contributed by atoms with Crippen molar-refractivity contribution in [2.75, 3.05) is 6.54 Å². The summed E-state index contributed by atoms with van der Waals surface area (Å²) in [5, 5.41) is 3.00. The second kappa shape index (κ2) is 5.05. The molecule has 1 heterocycles. The SMILES string of the molecule is Cn1[nH]c(=O)c(=O)nc1SC(CN)C(C)(C)C. The lowest BCUT2D eigenvalue weighted by Crippen LogP contribution is -2.36. The maximum absolute atomic E-state index is 11.2. The van der Waals surface area contributed by atoms with Crippen molar-refractivity contribution in [2.45, 2.75) is 31.2 Å². The summed E-state index contributed by atoms with van der Waals surface area (Å²) in [5.74, 6) is 0. The second-order valence-corrected chi connectivity index (χ2v) is 6.08. The molecule has 1 atom stereocenters. The normalized spacial score (nSPS) is 13.7. The van der Waals surface area contributed by atoms with Gasteiger partial charge in [-0.2, -0.15) is 4.98 Å². The van der Waals surface area contributed by atoms with Crippen molar-refractivity contribution in [3.05, 3.63) is 20.7 Å². The molecular weight excluding hydrogens is 240 g/mol. The summed E-state index contributed by atoms with van der Waals surface area (Å²) in [7, 11) is 1.65. The van der Waals surface area contributed by atoms with Gasteiger partial charge in [0.2, 0.25) is 0 Å². The number of rotatable bonds is 3. The Hall–Kier alpha value is -1.08. The third kappa shape index (κ3) is 3.44. The minimum Gasteiger partial charge on any atom is -0.329 e. The molecule has 0 spiro atoms. The first kappa shape index (κ1) is 14.0. The summed E-state index contributed by atoms with van der Waals surface area (Å²) in [6.45, 7) is 6.69. The van der Waals surface area contributed by atoms with Crippen LogP contribution in [0.2, 0.25) is 0 Å². The molecule has 0 fully saturated rings. The summed E-state index contributed by atoms with van der Waals surface area (Å²) in [4.78, 5) is 26.0. The number of aromatic nitrogens is 3. The van der Waals surface area contributed by atoms with Crippen molar-refractivity contribution >= 4 is 11.8 Å². The molecular formula is C10H18N4O2S. The molecule has 7 heteroatoms. The number of H-pyrrole nitrogens is 1. The van der Waals surface area contributed by atoms with E-state index in [9.17, 15) is 9.59 Å². The van der Waals surface area contributed by atoms with Crippen LogP contribution in [0.3, 0.4) is 0 Å². The van der Waals surface area contributed by atoms with E-state index in [0.29, 0.717) is 11.7 Å². The average molecular weight is 258 g/mol. The standard InChI is InChI=1S/C10H18N4O2S/c1-10(2,3)6(5-11)17-9-12-7(15)8(16)13-14(9)4/h6H,5,11H2,1-4H3,(H,13,16). The predicted molar refractivity (Wildman–Crippen MR) is 68.3 cm³/mol. The topological polar surface area (TPSA) is 93.8 Å². The Kier molecular flexibility index (Phi) is 4.16. The monoisotopic (exact) mass is 258 g/mol. The van der Waals surface area contributed by atoms with E-state index in [0.717, 1.165) is 0 Å². The van der Waals surface area contributed by atoms with E-state index >= 15 is 0 Å². The Morgan fingerprint density at radius 1 is 1.47 bits per heavy atom.